The minimum absolute atomic E-state index is 0.124. The Morgan fingerprint density at radius 1 is 1.05 bits per heavy atom. The molecule has 9 nitrogen and oxygen atoms in total. The molecule has 1 amide bonds. The summed E-state index contributed by atoms with van der Waals surface area (Å²) in [6, 6.07) is 13.4. The first-order valence-electron chi connectivity index (χ1n) is 11.7. The maximum absolute atomic E-state index is 13.5. The molecule has 1 aliphatic heterocycles. The number of hydrogen-bond acceptors (Lipinski definition) is 8. The van der Waals surface area contributed by atoms with Crippen LogP contribution in [0.2, 0.25) is 0 Å². The highest BCUT2D eigenvalue weighted by Gasteiger charge is 2.48. The van der Waals surface area contributed by atoms with Crippen molar-refractivity contribution in [2.45, 2.75) is 26.8 Å². The Kier molecular flexibility index (Phi) is 6.20. The normalized spacial score (nSPS) is 16.8. The number of Topliss-reactive ketones (excluding diaryl/α,β-unsaturated/α-hetero) is 1. The van der Waals surface area contributed by atoms with Gasteiger partial charge in [-0.1, -0.05) is 17.4 Å². The molecular weight excluding hydrogens is 506 g/mol. The molecule has 0 radical (unpaired) electrons. The molecule has 0 spiro atoms. The lowest BCUT2D eigenvalue weighted by molar-refractivity contribution is -0.384. The van der Waals surface area contributed by atoms with Gasteiger partial charge in [-0.2, -0.15) is 0 Å². The average molecular weight is 530 g/mol. The SMILES string of the molecule is COc1ccc(/C(O)=C2\C(=O)C(=O)N(c3nc4c(C)cc(C)cc4s3)[C@H]2c2ccc([N+](=O)[O-])cc2)cc1C. The summed E-state index contributed by atoms with van der Waals surface area (Å²) in [5.41, 5.74) is 3.91. The molecule has 1 aromatic heterocycles. The number of thiazole rings is 1. The number of carbonyl (C=O) groups is 2. The zero-order chi connectivity index (χ0) is 27.3. The van der Waals surface area contributed by atoms with Crippen LogP contribution in [-0.4, -0.2) is 33.8 Å². The van der Waals surface area contributed by atoms with E-state index in [-0.39, 0.29) is 17.0 Å². The zero-order valence-corrected chi connectivity index (χ0v) is 21.8. The van der Waals surface area contributed by atoms with Gasteiger partial charge in [-0.25, -0.2) is 4.98 Å². The Morgan fingerprint density at radius 2 is 1.76 bits per heavy atom. The van der Waals surface area contributed by atoms with Crippen LogP contribution >= 0.6 is 11.3 Å². The Hall–Kier alpha value is -4.57. The van der Waals surface area contributed by atoms with Gasteiger partial charge < -0.3 is 9.84 Å². The average Bonchev–Trinajstić information content (AvgIpc) is 3.42. The molecule has 2 heterocycles. The Morgan fingerprint density at radius 3 is 2.39 bits per heavy atom. The van der Waals surface area contributed by atoms with E-state index >= 15 is 0 Å². The molecule has 5 rings (SSSR count). The van der Waals surface area contributed by atoms with Crippen LogP contribution in [0.25, 0.3) is 16.0 Å². The number of nitro benzene ring substituents is 1. The van der Waals surface area contributed by atoms with Crippen LogP contribution in [-0.2, 0) is 9.59 Å². The number of aliphatic hydroxyl groups is 1. The summed E-state index contributed by atoms with van der Waals surface area (Å²) >= 11 is 1.26. The van der Waals surface area contributed by atoms with Crippen LogP contribution in [0.5, 0.6) is 5.75 Å². The molecular formula is C28H23N3O6S. The van der Waals surface area contributed by atoms with Crippen LogP contribution in [0.3, 0.4) is 0 Å². The number of rotatable bonds is 5. The van der Waals surface area contributed by atoms with Gasteiger partial charge in [-0.3, -0.25) is 24.6 Å². The van der Waals surface area contributed by atoms with E-state index in [1.165, 1.54) is 47.6 Å². The van der Waals surface area contributed by atoms with Gasteiger partial charge in [0.2, 0.25) is 0 Å². The molecule has 1 N–H and O–H groups in total. The number of carbonyl (C=O) groups excluding carboxylic acids is 2. The standard InChI is InChI=1S/C28H23N3O6S/c1-14-11-16(3)23-21(12-14)38-28(29-23)30-24(17-5-8-19(9-6-17)31(35)36)22(26(33)27(30)34)25(32)18-7-10-20(37-4)15(2)13-18/h5-13,24,32H,1-4H3/b25-22+/t24-/m0/s1. The van der Waals surface area contributed by atoms with E-state index in [9.17, 15) is 24.8 Å². The van der Waals surface area contributed by atoms with Gasteiger partial charge in [0.05, 0.1) is 33.9 Å². The van der Waals surface area contributed by atoms with E-state index in [0.717, 1.165) is 21.4 Å². The number of methoxy groups -OCH3 is 1. The van der Waals surface area contributed by atoms with Crippen LogP contribution in [0, 0.1) is 30.9 Å². The lowest BCUT2D eigenvalue weighted by Gasteiger charge is -2.23. The predicted molar refractivity (Wildman–Crippen MR) is 145 cm³/mol. The number of ether oxygens (including phenoxy) is 1. The molecule has 4 aromatic rings. The number of aryl methyl sites for hydroxylation is 3. The summed E-state index contributed by atoms with van der Waals surface area (Å²) in [7, 11) is 1.53. The first-order valence-corrected chi connectivity index (χ1v) is 12.5. The number of nitro groups is 1. The van der Waals surface area contributed by atoms with E-state index < -0.39 is 22.7 Å². The third kappa shape index (κ3) is 4.08. The maximum atomic E-state index is 13.5. The fourth-order valence-corrected chi connectivity index (χ4v) is 5.94. The van der Waals surface area contributed by atoms with Crippen molar-refractivity contribution in [2.75, 3.05) is 12.0 Å². The summed E-state index contributed by atoms with van der Waals surface area (Å²) in [6.45, 7) is 5.69. The molecule has 1 aliphatic rings. The molecule has 0 unspecified atom stereocenters. The van der Waals surface area contributed by atoms with Crippen LogP contribution in [0.1, 0.15) is 33.9 Å². The number of fused-ring (bicyclic) bond motifs is 1. The molecule has 1 fully saturated rings. The van der Waals surface area contributed by atoms with Crippen LogP contribution in [0.4, 0.5) is 10.8 Å². The van der Waals surface area contributed by atoms with Crippen LogP contribution in [0.15, 0.2) is 60.2 Å². The second kappa shape index (κ2) is 9.38. The number of aliphatic hydroxyl groups excluding tert-OH is 1. The van der Waals surface area contributed by atoms with E-state index in [0.29, 0.717) is 27.5 Å². The van der Waals surface area contributed by atoms with Crippen molar-refractivity contribution in [3.05, 3.63) is 98.1 Å². The molecule has 192 valence electrons. The maximum Gasteiger partial charge on any atom is 0.301 e. The van der Waals surface area contributed by atoms with Crippen molar-refractivity contribution < 1.29 is 24.4 Å². The smallest absolute Gasteiger partial charge is 0.301 e. The van der Waals surface area contributed by atoms with E-state index in [1.807, 2.05) is 26.0 Å². The number of benzene rings is 3. The van der Waals surface area contributed by atoms with Gasteiger partial charge in [0, 0.05) is 17.7 Å². The second-order valence-electron chi connectivity index (χ2n) is 9.13. The topological polar surface area (TPSA) is 123 Å². The minimum atomic E-state index is -1.04. The van der Waals surface area contributed by atoms with Crippen molar-refractivity contribution in [3.8, 4) is 5.75 Å². The Bertz CT molecular complexity index is 1670. The molecule has 0 bridgehead atoms. The predicted octanol–water partition coefficient (Wildman–Crippen LogP) is 5.76. The first kappa shape index (κ1) is 25.1. The van der Waals surface area contributed by atoms with Gasteiger partial charge in [0.1, 0.15) is 11.5 Å². The zero-order valence-electron chi connectivity index (χ0n) is 21.0. The highest BCUT2D eigenvalue weighted by atomic mass is 32.1. The Labute approximate surface area is 221 Å². The van der Waals surface area contributed by atoms with Gasteiger partial charge in [0.25, 0.3) is 11.5 Å². The quantitative estimate of drug-likeness (QED) is 0.115. The summed E-state index contributed by atoms with van der Waals surface area (Å²) < 4.78 is 6.15. The fraction of sp³-hybridized carbons (Fsp3) is 0.179. The van der Waals surface area contributed by atoms with Crippen molar-refractivity contribution in [3.63, 3.8) is 0 Å². The molecule has 0 aliphatic carbocycles. The largest absolute Gasteiger partial charge is 0.507 e. The van der Waals surface area contributed by atoms with Crippen LogP contribution < -0.4 is 9.64 Å². The van der Waals surface area contributed by atoms with Gasteiger partial charge >= 0.3 is 5.91 Å². The Balaban J connectivity index is 1.73. The summed E-state index contributed by atoms with van der Waals surface area (Å²) in [6.07, 6.45) is 0. The number of hydrogen-bond donors (Lipinski definition) is 1. The summed E-state index contributed by atoms with van der Waals surface area (Å²) in [5, 5.41) is 22.9. The molecule has 38 heavy (non-hydrogen) atoms. The van der Waals surface area contributed by atoms with Crippen molar-refractivity contribution in [2.24, 2.45) is 0 Å². The summed E-state index contributed by atoms with van der Waals surface area (Å²) in [5.74, 6) is -1.46. The van der Waals surface area contributed by atoms with E-state index in [4.69, 9.17) is 4.74 Å². The molecule has 1 saturated heterocycles. The van der Waals surface area contributed by atoms with E-state index in [1.54, 1.807) is 25.1 Å². The monoisotopic (exact) mass is 529 g/mol. The molecule has 3 aromatic carbocycles. The van der Waals surface area contributed by atoms with Gasteiger partial charge in [-0.15, -0.1) is 0 Å². The fourth-order valence-electron chi connectivity index (χ4n) is 4.77. The highest BCUT2D eigenvalue weighted by Crippen LogP contribution is 2.45. The number of non-ortho nitro benzene ring substituents is 1. The third-order valence-corrected chi connectivity index (χ3v) is 7.56. The van der Waals surface area contributed by atoms with Crippen molar-refractivity contribution >= 4 is 49.8 Å². The summed E-state index contributed by atoms with van der Waals surface area (Å²) in [4.78, 5) is 43.6. The minimum Gasteiger partial charge on any atom is -0.507 e. The van der Waals surface area contributed by atoms with Gasteiger partial charge in [-0.05, 0) is 79.4 Å². The van der Waals surface area contributed by atoms with Crippen molar-refractivity contribution in [1.29, 1.82) is 0 Å². The highest BCUT2D eigenvalue weighted by molar-refractivity contribution is 7.22. The molecule has 1 atom stereocenters. The third-order valence-electron chi connectivity index (χ3n) is 6.56. The number of anilines is 1. The van der Waals surface area contributed by atoms with E-state index in [2.05, 4.69) is 4.98 Å². The number of amides is 1. The number of nitrogens with zero attached hydrogens (tertiary/aromatic N) is 3. The number of ketones is 1. The molecule has 10 heteroatoms. The lowest BCUT2D eigenvalue weighted by atomic mass is 9.94. The number of aromatic nitrogens is 1. The second-order valence-corrected chi connectivity index (χ2v) is 10.1. The first-order chi connectivity index (χ1) is 18.1. The lowest BCUT2D eigenvalue weighted by Crippen LogP contribution is -2.29. The van der Waals surface area contributed by atoms with Crippen molar-refractivity contribution in [1.82, 2.24) is 4.98 Å². The molecule has 0 saturated carbocycles. The van der Waals surface area contributed by atoms with Gasteiger partial charge in [0.15, 0.2) is 5.13 Å².